The van der Waals surface area contributed by atoms with Gasteiger partial charge in [0.15, 0.2) is 0 Å². The first-order valence-electron chi connectivity index (χ1n) is 6.41. The van der Waals surface area contributed by atoms with E-state index >= 15 is 0 Å². The number of likely N-dealkylation sites (tertiary alicyclic amines) is 1. The van der Waals surface area contributed by atoms with E-state index in [1.165, 1.54) is 71.1 Å². The van der Waals surface area contributed by atoms with Gasteiger partial charge in [0.25, 0.3) is 0 Å². The van der Waals surface area contributed by atoms with Crippen molar-refractivity contribution in [3.63, 3.8) is 0 Å². The molecule has 0 amide bonds. The van der Waals surface area contributed by atoms with Gasteiger partial charge in [-0.2, -0.15) is 0 Å². The topological polar surface area (TPSA) is 15.3 Å². The Labute approximate surface area is 112 Å². The minimum absolute atomic E-state index is 0. The van der Waals surface area contributed by atoms with Gasteiger partial charge in [-0.25, -0.2) is 0 Å². The van der Waals surface area contributed by atoms with Crippen molar-refractivity contribution in [1.29, 1.82) is 0 Å². The van der Waals surface area contributed by atoms with Crippen LogP contribution in [0.5, 0.6) is 0 Å². The fraction of sp³-hybridized carbons (Fsp3) is 1.00. The maximum Gasteiger partial charge on any atom is 0.0107 e. The SMILES string of the molecule is C1CCC(NCCN2CCCC2)CC1.Cl.Cl. The van der Waals surface area contributed by atoms with E-state index in [0.717, 1.165) is 6.04 Å². The maximum atomic E-state index is 3.71. The lowest BCUT2D eigenvalue weighted by Crippen LogP contribution is -2.37. The number of nitrogens with one attached hydrogen (secondary N) is 1. The van der Waals surface area contributed by atoms with E-state index < -0.39 is 0 Å². The van der Waals surface area contributed by atoms with Gasteiger partial charge in [-0.3, -0.25) is 0 Å². The molecular weight excluding hydrogens is 243 g/mol. The quantitative estimate of drug-likeness (QED) is 0.844. The highest BCUT2D eigenvalue weighted by molar-refractivity contribution is 5.85. The first kappa shape index (κ1) is 16.5. The van der Waals surface area contributed by atoms with E-state index in [1.54, 1.807) is 0 Å². The summed E-state index contributed by atoms with van der Waals surface area (Å²) in [6.07, 6.45) is 10.0. The van der Waals surface area contributed by atoms with Gasteiger partial charge in [0.05, 0.1) is 0 Å². The summed E-state index contributed by atoms with van der Waals surface area (Å²) in [6, 6.07) is 0.839. The van der Waals surface area contributed by atoms with Crippen LogP contribution < -0.4 is 5.32 Å². The summed E-state index contributed by atoms with van der Waals surface area (Å²) in [5, 5.41) is 3.71. The Kier molecular flexibility index (Phi) is 9.82. The predicted molar refractivity (Wildman–Crippen MR) is 75.0 cm³/mol. The van der Waals surface area contributed by atoms with Gasteiger partial charge in [0.2, 0.25) is 0 Å². The second-order valence-corrected chi connectivity index (χ2v) is 4.84. The zero-order valence-corrected chi connectivity index (χ0v) is 11.8. The highest BCUT2D eigenvalue weighted by Gasteiger charge is 2.14. The Morgan fingerprint density at radius 3 is 2.12 bits per heavy atom. The van der Waals surface area contributed by atoms with Crippen LogP contribution in [0.25, 0.3) is 0 Å². The van der Waals surface area contributed by atoms with Crippen molar-refractivity contribution in [2.45, 2.75) is 51.0 Å². The third-order valence-electron chi connectivity index (χ3n) is 3.66. The van der Waals surface area contributed by atoms with Gasteiger partial charge in [0.1, 0.15) is 0 Å². The van der Waals surface area contributed by atoms with E-state index in [4.69, 9.17) is 0 Å². The van der Waals surface area contributed by atoms with Crippen LogP contribution >= 0.6 is 24.8 Å². The van der Waals surface area contributed by atoms with Gasteiger partial charge in [-0.1, -0.05) is 19.3 Å². The third-order valence-corrected chi connectivity index (χ3v) is 3.66. The summed E-state index contributed by atoms with van der Waals surface area (Å²) < 4.78 is 0. The molecule has 0 atom stereocenters. The molecule has 1 saturated carbocycles. The summed E-state index contributed by atoms with van der Waals surface area (Å²) in [5.41, 5.74) is 0. The zero-order chi connectivity index (χ0) is 9.64. The van der Waals surface area contributed by atoms with Crippen LogP contribution in [0.3, 0.4) is 0 Å². The molecule has 2 rings (SSSR count). The average Bonchev–Trinajstić information content (AvgIpc) is 2.72. The van der Waals surface area contributed by atoms with Crippen molar-refractivity contribution in [3.8, 4) is 0 Å². The maximum absolute atomic E-state index is 3.71. The number of hydrogen-bond donors (Lipinski definition) is 1. The van der Waals surface area contributed by atoms with Crippen molar-refractivity contribution in [2.24, 2.45) is 0 Å². The number of rotatable bonds is 4. The molecule has 98 valence electrons. The first-order chi connectivity index (χ1) is 6.95. The van der Waals surface area contributed by atoms with Crippen LogP contribution in [-0.4, -0.2) is 37.1 Å². The van der Waals surface area contributed by atoms with Crippen molar-refractivity contribution in [2.75, 3.05) is 26.2 Å². The Morgan fingerprint density at radius 1 is 0.875 bits per heavy atom. The van der Waals surface area contributed by atoms with Crippen molar-refractivity contribution in [1.82, 2.24) is 10.2 Å². The van der Waals surface area contributed by atoms with E-state index in [2.05, 4.69) is 10.2 Å². The number of hydrogen-bond acceptors (Lipinski definition) is 2. The standard InChI is InChI=1S/C12H24N2.2ClH/c1-2-6-12(7-3-1)13-8-11-14-9-4-5-10-14;;/h12-13H,1-11H2;2*1H. The Bertz CT molecular complexity index is 155. The summed E-state index contributed by atoms with van der Waals surface area (Å²) in [7, 11) is 0. The van der Waals surface area contributed by atoms with E-state index in [0.29, 0.717) is 0 Å². The summed E-state index contributed by atoms with van der Waals surface area (Å²) in [5.74, 6) is 0. The minimum Gasteiger partial charge on any atom is -0.313 e. The molecular formula is C12H26Cl2N2. The average molecular weight is 269 g/mol. The van der Waals surface area contributed by atoms with Gasteiger partial charge in [-0.15, -0.1) is 24.8 Å². The lowest BCUT2D eigenvalue weighted by molar-refractivity contribution is 0.308. The van der Waals surface area contributed by atoms with E-state index in [-0.39, 0.29) is 24.8 Å². The van der Waals surface area contributed by atoms with Crippen molar-refractivity contribution >= 4 is 24.8 Å². The molecule has 0 unspecified atom stereocenters. The van der Waals surface area contributed by atoms with E-state index in [9.17, 15) is 0 Å². The van der Waals surface area contributed by atoms with Crippen LogP contribution in [0.2, 0.25) is 0 Å². The summed E-state index contributed by atoms with van der Waals surface area (Å²) >= 11 is 0. The highest BCUT2D eigenvalue weighted by atomic mass is 35.5. The molecule has 0 radical (unpaired) electrons. The molecule has 16 heavy (non-hydrogen) atoms. The molecule has 0 aromatic rings. The monoisotopic (exact) mass is 268 g/mol. The second-order valence-electron chi connectivity index (χ2n) is 4.84. The number of nitrogens with zero attached hydrogens (tertiary/aromatic N) is 1. The third kappa shape index (κ3) is 5.72. The molecule has 2 nitrogen and oxygen atoms in total. The second kappa shape index (κ2) is 9.52. The van der Waals surface area contributed by atoms with Crippen LogP contribution in [0, 0.1) is 0 Å². The lowest BCUT2D eigenvalue weighted by Gasteiger charge is -2.24. The molecule has 1 N–H and O–H groups in total. The minimum atomic E-state index is 0. The van der Waals surface area contributed by atoms with Crippen molar-refractivity contribution < 1.29 is 0 Å². The number of halogens is 2. The van der Waals surface area contributed by atoms with Crippen molar-refractivity contribution in [3.05, 3.63) is 0 Å². The molecule has 0 spiro atoms. The van der Waals surface area contributed by atoms with Gasteiger partial charge >= 0.3 is 0 Å². The summed E-state index contributed by atoms with van der Waals surface area (Å²) in [6.45, 7) is 5.17. The molecule has 4 heteroatoms. The Hall–Kier alpha value is 0.500. The fourth-order valence-corrected chi connectivity index (χ4v) is 2.74. The summed E-state index contributed by atoms with van der Waals surface area (Å²) in [4.78, 5) is 2.59. The Morgan fingerprint density at radius 2 is 1.50 bits per heavy atom. The molecule has 1 heterocycles. The lowest BCUT2D eigenvalue weighted by atomic mass is 9.95. The van der Waals surface area contributed by atoms with E-state index in [1.807, 2.05) is 0 Å². The predicted octanol–water partition coefficient (Wildman–Crippen LogP) is 2.85. The van der Waals surface area contributed by atoms with Gasteiger partial charge in [-0.05, 0) is 38.8 Å². The molecule has 0 aromatic heterocycles. The molecule has 1 saturated heterocycles. The normalized spacial score (nSPS) is 22.5. The van der Waals surface area contributed by atoms with Crippen LogP contribution in [-0.2, 0) is 0 Å². The fourth-order valence-electron chi connectivity index (χ4n) is 2.74. The molecule has 1 aliphatic heterocycles. The molecule has 0 bridgehead atoms. The smallest absolute Gasteiger partial charge is 0.0107 e. The molecule has 2 fully saturated rings. The zero-order valence-electron chi connectivity index (χ0n) is 10.1. The molecule has 1 aliphatic carbocycles. The first-order valence-corrected chi connectivity index (χ1v) is 6.41. The van der Waals surface area contributed by atoms with Gasteiger partial charge < -0.3 is 10.2 Å². The Balaban J connectivity index is 0.00000112. The van der Waals surface area contributed by atoms with Crippen LogP contribution in [0.15, 0.2) is 0 Å². The highest BCUT2D eigenvalue weighted by Crippen LogP contribution is 2.17. The largest absolute Gasteiger partial charge is 0.313 e. The van der Waals surface area contributed by atoms with Gasteiger partial charge in [0, 0.05) is 19.1 Å². The molecule has 2 aliphatic rings. The van der Waals surface area contributed by atoms with Crippen LogP contribution in [0.4, 0.5) is 0 Å². The van der Waals surface area contributed by atoms with Crippen LogP contribution in [0.1, 0.15) is 44.9 Å². The molecule has 0 aromatic carbocycles.